The first kappa shape index (κ1) is 12.3. The van der Waals surface area contributed by atoms with Crippen molar-refractivity contribution >= 4 is 10.9 Å². The molecule has 1 aliphatic carbocycles. The minimum Gasteiger partial charge on any atom is -0.326 e. The van der Waals surface area contributed by atoms with E-state index in [0.717, 1.165) is 11.9 Å². The molecule has 1 aromatic carbocycles. The number of hydrogen-bond donors (Lipinski definition) is 3. The van der Waals surface area contributed by atoms with Gasteiger partial charge in [-0.1, -0.05) is 30.7 Å². The molecular formula is C16H20N4. The molecule has 0 bridgehead atoms. The van der Waals surface area contributed by atoms with E-state index in [2.05, 4.69) is 40.1 Å². The van der Waals surface area contributed by atoms with Crippen molar-refractivity contribution in [3.63, 3.8) is 0 Å². The summed E-state index contributed by atoms with van der Waals surface area (Å²) in [5, 5.41) is 1.20. The molecule has 1 aliphatic heterocycles. The van der Waals surface area contributed by atoms with Crippen molar-refractivity contribution in [3.8, 4) is 0 Å². The Morgan fingerprint density at radius 3 is 2.95 bits per heavy atom. The zero-order chi connectivity index (χ0) is 13.5. The summed E-state index contributed by atoms with van der Waals surface area (Å²) in [5.74, 6) is 0.561. The first-order valence-electron chi connectivity index (χ1n) is 7.45. The van der Waals surface area contributed by atoms with Gasteiger partial charge in [-0.2, -0.15) is 0 Å². The molecule has 2 heterocycles. The molecule has 4 heteroatoms. The summed E-state index contributed by atoms with van der Waals surface area (Å²) in [6, 6.07) is 11.5. The number of rotatable bonds is 1. The Hall–Kier alpha value is -1.49. The van der Waals surface area contributed by atoms with Crippen molar-refractivity contribution in [1.29, 1.82) is 0 Å². The van der Waals surface area contributed by atoms with Gasteiger partial charge in [0.05, 0.1) is 11.6 Å². The van der Waals surface area contributed by atoms with E-state index in [1.807, 2.05) is 12.3 Å². The Bertz CT molecular complexity index is 621. The summed E-state index contributed by atoms with van der Waals surface area (Å²) in [6.45, 7) is 0. The molecule has 104 valence electrons. The average molecular weight is 268 g/mol. The topological polar surface area (TPSA) is 63.0 Å². The number of nitrogens with one attached hydrogen (secondary N) is 2. The van der Waals surface area contributed by atoms with Crippen molar-refractivity contribution in [2.75, 3.05) is 0 Å². The number of fused-ring (bicyclic) bond motifs is 2. The third kappa shape index (κ3) is 1.84. The number of para-hydroxylation sites is 1. The van der Waals surface area contributed by atoms with Gasteiger partial charge in [-0.15, -0.1) is 0 Å². The van der Waals surface area contributed by atoms with Crippen molar-refractivity contribution in [2.45, 2.75) is 37.4 Å². The van der Waals surface area contributed by atoms with Crippen molar-refractivity contribution in [3.05, 3.63) is 42.1 Å². The number of hydrogen-bond acceptors (Lipinski definition) is 4. The minimum absolute atomic E-state index is 0.259. The van der Waals surface area contributed by atoms with Crippen LogP contribution in [-0.2, 0) is 0 Å². The van der Waals surface area contributed by atoms with E-state index in [1.165, 1.54) is 23.8 Å². The molecule has 2 fully saturated rings. The number of pyridine rings is 1. The minimum atomic E-state index is 0.259. The van der Waals surface area contributed by atoms with Crippen LogP contribution in [0.4, 0.5) is 0 Å². The van der Waals surface area contributed by atoms with E-state index in [0.29, 0.717) is 18.0 Å². The molecule has 4 nitrogen and oxygen atoms in total. The van der Waals surface area contributed by atoms with E-state index < -0.39 is 0 Å². The van der Waals surface area contributed by atoms with Gasteiger partial charge in [0, 0.05) is 23.7 Å². The molecule has 4 N–H and O–H groups in total. The summed E-state index contributed by atoms with van der Waals surface area (Å²) < 4.78 is 0. The molecule has 20 heavy (non-hydrogen) atoms. The van der Waals surface area contributed by atoms with Crippen molar-refractivity contribution in [1.82, 2.24) is 15.8 Å². The van der Waals surface area contributed by atoms with Crippen molar-refractivity contribution in [2.24, 2.45) is 11.7 Å². The van der Waals surface area contributed by atoms with Crippen LogP contribution in [0.15, 0.2) is 36.5 Å². The number of nitrogens with zero attached hydrogens (tertiary/aromatic N) is 1. The maximum absolute atomic E-state index is 6.25. The highest BCUT2D eigenvalue weighted by Gasteiger charge is 2.42. The zero-order valence-electron chi connectivity index (χ0n) is 11.4. The molecule has 4 rings (SSSR count). The monoisotopic (exact) mass is 268 g/mol. The molecular weight excluding hydrogens is 248 g/mol. The van der Waals surface area contributed by atoms with Gasteiger partial charge in [-0.25, -0.2) is 5.43 Å². The highest BCUT2D eigenvalue weighted by atomic mass is 15.4. The quantitative estimate of drug-likeness (QED) is 0.739. The van der Waals surface area contributed by atoms with Crippen LogP contribution in [0.5, 0.6) is 0 Å². The number of hydrazine groups is 1. The molecule has 1 saturated carbocycles. The Balaban J connectivity index is 1.76. The lowest BCUT2D eigenvalue weighted by Gasteiger charge is -2.32. The second kappa shape index (κ2) is 4.81. The third-order valence-electron chi connectivity index (χ3n) is 4.83. The largest absolute Gasteiger partial charge is 0.326 e. The Morgan fingerprint density at radius 1 is 1.10 bits per heavy atom. The van der Waals surface area contributed by atoms with Crippen molar-refractivity contribution < 1.29 is 0 Å². The molecule has 1 aromatic heterocycles. The van der Waals surface area contributed by atoms with Crippen LogP contribution in [0.3, 0.4) is 0 Å². The molecule has 0 amide bonds. The molecule has 0 spiro atoms. The maximum Gasteiger partial charge on any atom is 0.0750 e. The van der Waals surface area contributed by atoms with Crippen LogP contribution >= 0.6 is 0 Å². The third-order valence-corrected chi connectivity index (χ3v) is 4.83. The molecule has 1 saturated heterocycles. The second-order valence-electron chi connectivity index (χ2n) is 5.97. The molecule has 2 aliphatic rings. The highest BCUT2D eigenvalue weighted by Crippen LogP contribution is 2.39. The maximum atomic E-state index is 6.25. The molecule has 4 unspecified atom stereocenters. The fourth-order valence-electron chi connectivity index (χ4n) is 3.83. The van der Waals surface area contributed by atoms with Crippen LogP contribution in [0.1, 0.15) is 30.9 Å². The molecule has 4 atom stereocenters. The second-order valence-corrected chi connectivity index (χ2v) is 5.97. The van der Waals surface area contributed by atoms with E-state index in [1.54, 1.807) is 0 Å². The van der Waals surface area contributed by atoms with Gasteiger partial charge in [0.25, 0.3) is 0 Å². The first-order chi connectivity index (χ1) is 9.84. The first-order valence-corrected chi connectivity index (χ1v) is 7.45. The van der Waals surface area contributed by atoms with Crippen LogP contribution in [0.2, 0.25) is 0 Å². The normalized spacial score (nSPS) is 33.2. The van der Waals surface area contributed by atoms with Gasteiger partial charge in [0.2, 0.25) is 0 Å². The smallest absolute Gasteiger partial charge is 0.0750 e. The zero-order valence-corrected chi connectivity index (χ0v) is 11.4. The standard InChI is InChI=1S/C16H20N4/c17-13-8-2-7-12-15(19-20-16(12)13)11-6-1-4-10-5-3-9-18-14(10)11/h1,3-6,9,12-13,15-16,19-20H,2,7-8,17H2. The van der Waals surface area contributed by atoms with Gasteiger partial charge in [0.15, 0.2) is 0 Å². The predicted octanol–water partition coefficient (Wildman–Crippen LogP) is 1.88. The fourth-order valence-corrected chi connectivity index (χ4v) is 3.83. The van der Waals surface area contributed by atoms with Gasteiger partial charge < -0.3 is 5.73 Å². The SMILES string of the molecule is NC1CCCC2C(c3cccc4cccnc34)NNC12. The molecule has 2 aromatic rings. The Labute approximate surface area is 118 Å². The highest BCUT2D eigenvalue weighted by molar-refractivity contribution is 5.82. The van der Waals surface area contributed by atoms with Crippen LogP contribution in [-0.4, -0.2) is 17.1 Å². The predicted molar refractivity (Wildman–Crippen MR) is 79.9 cm³/mol. The van der Waals surface area contributed by atoms with Crippen LogP contribution in [0.25, 0.3) is 10.9 Å². The number of benzene rings is 1. The molecule has 0 radical (unpaired) electrons. The summed E-state index contributed by atoms with van der Waals surface area (Å²) in [7, 11) is 0. The Morgan fingerprint density at radius 2 is 2.00 bits per heavy atom. The lowest BCUT2D eigenvalue weighted by Crippen LogP contribution is -2.48. The van der Waals surface area contributed by atoms with Gasteiger partial charge in [-0.3, -0.25) is 10.4 Å². The lowest BCUT2D eigenvalue weighted by molar-refractivity contribution is 0.274. The van der Waals surface area contributed by atoms with E-state index in [4.69, 9.17) is 5.73 Å². The lowest BCUT2D eigenvalue weighted by atomic mass is 9.77. The van der Waals surface area contributed by atoms with Gasteiger partial charge in [0.1, 0.15) is 0 Å². The van der Waals surface area contributed by atoms with E-state index in [9.17, 15) is 0 Å². The van der Waals surface area contributed by atoms with Gasteiger partial charge in [-0.05, 0) is 30.4 Å². The van der Waals surface area contributed by atoms with Crippen LogP contribution in [0, 0.1) is 5.92 Å². The fraction of sp³-hybridized carbons (Fsp3) is 0.438. The van der Waals surface area contributed by atoms with Gasteiger partial charge >= 0.3 is 0 Å². The number of nitrogens with two attached hydrogens (primary N) is 1. The summed E-state index contributed by atoms with van der Waals surface area (Å²) in [5.41, 5.74) is 15.5. The van der Waals surface area contributed by atoms with Crippen LogP contribution < -0.4 is 16.6 Å². The summed E-state index contributed by atoms with van der Waals surface area (Å²) in [4.78, 5) is 4.58. The average Bonchev–Trinajstić information content (AvgIpc) is 2.92. The number of aromatic nitrogens is 1. The summed E-state index contributed by atoms with van der Waals surface area (Å²) >= 11 is 0. The summed E-state index contributed by atoms with van der Waals surface area (Å²) in [6.07, 6.45) is 5.45. The van der Waals surface area contributed by atoms with E-state index in [-0.39, 0.29) is 6.04 Å². The Kier molecular flexibility index (Phi) is 2.95. The van der Waals surface area contributed by atoms with E-state index >= 15 is 0 Å².